The second-order valence-electron chi connectivity index (χ2n) is 6.19. The Morgan fingerprint density at radius 3 is 2.27 bits per heavy atom. The summed E-state index contributed by atoms with van der Waals surface area (Å²) < 4.78 is 31.5. The topological polar surface area (TPSA) is 63.7 Å². The van der Waals surface area contributed by atoms with Crippen molar-refractivity contribution >= 4 is 31.7 Å². The molecule has 0 aromatic heterocycles. The van der Waals surface area contributed by atoms with Crippen molar-refractivity contribution in [2.24, 2.45) is 0 Å². The largest absolute Gasteiger partial charge is 0.497 e. The molecule has 0 radical (unpaired) electrons. The van der Waals surface area contributed by atoms with Crippen molar-refractivity contribution in [3.63, 3.8) is 0 Å². The molecule has 0 saturated carbocycles. The zero-order chi connectivity index (χ0) is 18.7. The number of nitrogens with zero attached hydrogens (tertiary/aromatic N) is 1. The molecule has 2 aromatic rings. The summed E-state index contributed by atoms with van der Waals surface area (Å²) in [5.41, 5.74) is 0.601. The standard InChI is InChI=1S/C19H20BrNO4S/c1-25-14-6-8-15(9-7-14)26(23,24)16-10-12-21(13-11-16)19(22)17-4-2-3-5-18(17)20/h2-9,16H,10-13H2,1H3. The fourth-order valence-electron chi connectivity index (χ4n) is 3.13. The number of carbonyl (C=O) groups excluding carboxylic acids is 1. The lowest BCUT2D eigenvalue weighted by atomic mass is 10.1. The molecular formula is C19H20BrNO4S. The van der Waals surface area contributed by atoms with Gasteiger partial charge in [-0.2, -0.15) is 0 Å². The fourth-order valence-corrected chi connectivity index (χ4v) is 5.32. The molecule has 0 unspecified atom stereocenters. The molecule has 0 aliphatic carbocycles. The number of benzene rings is 2. The summed E-state index contributed by atoms with van der Waals surface area (Å²) in [6, 6.07) is 13.7. The molecule has 0 atom stereocenters. The van der Waals surface area contributed by atoms with E-state index >= 15 is 0 Å². The predicted octanol–water partition coefficient (Wildman–Crippen LogP) is 3.54. The number of halogens is 1. The Morgan fingerprint density at radius 1 is 1.08 bits per heavy atom. The number of rotatable bonds is 4. The van der Waals surface area contributed by atoms with E-state index in [1.807, 2.05) is 18.2 Å². The van der Waals surface area contributed by atoms with Crippen LogP contribution in [0.5, 0.6) is 5.75 Å². The van der Waals surface area contributed by atoms with Gasteiger partial charge in [0.25, 0.3) is 5.91 Å². The molecule has 3 rings (SSSR count). The molecule has 138 valence electrons. The van der Waals surface area contributed by atoms with Crippen LogP contribution in [0.3, 0.4) is 0 Å². The van der Waals surface area contributed by atoms with Crippen molar-refractivity contribution in [1.29, 1.82) is 0 Å². The lowest BCUT2D eigenvalue weighted by molar-refractivity contribution is 0.0724. The second kappa shape index (κ2) is 7.80. The molecule has 26 heavy (non-hydrogen) atoms. The maximum absolute atomic E-state index is 12.8. The first kappa shape index (κ1) is 18.9. The minimum Gasteiger partial charge on any atom is -0.497 e. The summed E-state index contributed by atoms with van der Waals surface area (Å²) >= 11 is 3.40. The number of hydrogen-bond acceptors (Lipinski definition) is 4. The van der Waals surface area contributed by atoms with Gasteiger partial charge in [0.15, 0.2) is 9.84 Å². The molecule has 1 amide bonds. The molecule has 1 aliphatic rings. The molecule has 2 aromatic carbocycles. The number of piperidine rings is 1. The van der Waals surface area contributed by atoms with E-state index in [1.54, 1.807) is 42.3 Å². The smallest absolute Gasteiger partial charge is 0.254 e. The third kappa shape index (κ3) is 3.78. The summed E-state index contributed by atoms with van der Waals surface area (Å²) in [6.07, 6.45) is 0.870. The van der Waals surface area contributed by atoms with Crippen molar-refractivity contribution < 1.29 is 17.9 Å². The van der Waals surface area contributed by atoms with Gasteiger partial charge in [-0.15, -0.1) is 0 Å². The van der Waals surface area contributed by atoms with Gasteiger partial charge >= 0.3 is 0 Å². The highest BCUT2D eigenvalue weighted by Gasteiger charge is 2.33. The number of methoxy groups -OCH3 is 1. The first-order valence-electron chi connectivity index (χ1n) is 8.35. The minimum atomic E-state index is -3.41. The normalized spacial score (nSPS) is 15.7. The summed E-state index contributed by atoms with van der Waals surface area (Å²) in [4.78, 5) is 14.7. The lowest BCUT2D eigenvalue weighted by Crippen LogP contribution is -2.42. The van der Waals surface area contributed by atoms with Crippen LogP contribution in [0.1, 0.15) is 23.2 Å². The van der Waals surface area contributed by atoms with Gasteiger partial charge in [-0.1, -0.05) is 12.1 Å². The molecule has 1 heterocycles. The maximum Gasteiger partial charge on any atom is 0.254 e. The van der Waals surface area contributed by atoms with Gasteiger partial charge < -0.3 is 9.64 Å². The summed E-state index contributed by atoms with van der Waals surface area (Å²) in [5, 5.41) is -0.473. The number of carbonyl (C=O) groups is 1. The van der Waals surface area contributed by atoms with E-state index in [4.69, 9.17) is 4.74 Å². The van der Waals surface area contributed by atoms with Crippen LogP contribution >= 0.6 is 15.9 Å². The van der Waals surface area contributed by atoms with E-state index in [9.17, 15) is 13.2 Å². The highest BCUT2D eigenvalue weighted by Crippen LogP contribution is 2.27. The summed E-state index contributed by atoms with van der Waals surface area (Å²) in [6.45, 7) is 0.862. The number of sulfone groups is 1. The van der Waals surface area contributed by atoms with Crippen molar-refractivity contribution in [1.82, 2.24) is 4.90 Å². The molecule has 1 saturated heterocycles. The van der Waals surface area contributed by atoms with Gasteiger partial charge in [0.05, 0.1) is 22.8 Å². The SMILES string of the molecule is COc1ccc(S(=O)(=O)C2CCN(C(=O)c3ccccc3Br)CC2)cc1. The van der Waals surface area contributed by atoms with Gasteiger partial charge in [-0.25, -0.2) is 8.42 Å². The number of ether oxygens (including phenoxy) is 1. The average molecular weight is 438 g/mol. The van der Waals surface area contributed by atoms with Crippen LogP contribution in [0.4, 0.5) is 0 Å². The zero-order valence-electron chi connectivity index (χ0n) is 14.4. The first-order chi connectivity index (χ1) is 12.4. The highest BCUT2D eigenvalue weighted by molar-refractivity contribution is 9.10. The molecule has 0 N–H and O–H groups in total. The average Bonchev–Trinajstić information content (AvgIpc) is 2.68. The quantitative estimate of drug-likeness (QED) is 0.733. The van der Waals surface area contributed by atoms with Crippen LogP contribution in [-0.2, 0) is 9.84 Å². The number of amides is 1. The molecule has 0 spiro atoms. The molecule has 5 nitrogen and oxygen atoms in total. The van der Waals surface area contributed by atoms with Crippen molar-refractivity contribution in [2.45, 2.75) is 23.0 Å². The minimum absolute atomic E-state index is 0.0715. The molecular weight excluding hydrogens is 418 g/mol. The lowest BCUT2D eigenvalue weighted by Gasteiger charge is -2.32. The number of likely N-dealkylation sites (tertiary alicyclic amines) is 1. The Hall–Kier alpha value is -1.86. The second-order valence-corrected chi connectivity index (χ2v) is 9.27. The predicted molar refractivity (Wildman–Crippen MR) is 103 cm³/mol. The maximum atomic E-state index is 12.8. The number of hydrogen-bond donors (Lipinski definition) is 0. The van der Waals surface area contributed by atoms with Crippen molar-refractivity contribution in [3.8, 4) is 5.75 Å². The summed E-state index contributed by atoms with van der Waals surface area (Å²) in [7, 11) is -1.87. The van der Waals surface area contributed by atoms with Crippen LogP contribution in [0.25, 0.3) is 0 Å². The Balaban J connectivity index is 1.69. The fraction of sp³-hybridized carbons (Fsp3) is 0.316. The third-order valence-electron chi connectivity index (χ3n) is 4.66. The van der Waals surface area contributed by atoms with E-state index in [0.717, 1.165) is 4.47 Å². The Kier molecular flexibility index (Phi) is 5.67. The molecule has 1 fully saturated rings. The zero-order valence-corrected chi connectivity index (χ0v) is 16.8. The van der Waals surface area contributed by atoms with Gasteiger partial charge in [-0.3, -0.25) is 4.79 Å². The monoisotopic (exact) mass is 437 g/mol. The van der Waals surface area contributed by atoms with Crippen LogP contribution in [0, 0.1) is 0 Å². The van der Waals surface area contributed by atoms with E-state index in [-0.39, 0.29) is 5.91 Å². The summed E-state index contributed by atoms with van der Waals surface area (Å²) in [5.74, 6) is 0.551. The van der Waals surface area contributed by atoms with Gasteiger partial charge in [0, 0.05) is 17.6 Å². The van der Waals surface area contributed by atoms with Gasteiger partial charge in [0.2, 0.25) is 0 Å². The Labute approximate surface area is 162 Å². The third-order valence-corrected chi connectivity index (χ3v) is 7.63. The van der Waals surface area contributed by atoms with Crippen LogP contribution in [0.15, 0.2) is 57.9 Å². The molecule has 1 aliphatic heterocycles. The molecule has 7 heteroatoms. The van der Waals surface area contributed by atoms with Gasteiger partial charge in [0.1, 0.15) is 5.75 Å². The first-order valence-corrected chi connectivity index (χ1v) is 10.7. The van der Waals surface area contributed by atoms with Crippen molar-refractivity contribution in [2.75, 3.05) is 20.2 Å². The van der Waals surface area contributed by atoms with Crippen LogP contribution < -0.4 is 4.74 Å². The van der Waals surface area contributed by atoms with Gasteiger partial charge in [-0.05, 0) is 65.2 Å². The van der Waals surface area contributed by atoms with E-state index < -0.39 is 15.1 Å². The van der Waals surface area contributed by atoms with E-state index in [2.05, 4.69) is 15.9 Å². The van der Waals surface area contributed by atoms with E-state index in [1.165, 1.54) is 0 Å². The van der Waals surface area contributed by atoms with E-state index in [0.29, 0.717) is 42.1 Å². The van der Waals surface area contributed by atoms with Crippen LogP contribution in [-0.4, -0.2) is 44.7 Å². The Morgan fingerprint density at radius 2 is 1.69 bits per heavy atom. The Bertz CT molecular complexity index is 888. The van der Waals surface area contributed by atoms with Crippen molar-refractivity contribution in [3.05, 3.63) is 58.6 Å². The van der Waals surface area contributed by atoms with Crippen LogP contribution in [0.2, 0.25) is 0 Å². The highest BCUT2D eigenvalue weighted by atomic mass is 79.9. The molecule has 0 bridgehead atoms.